The van der Waals surface area contributed by atoms with E-state index in [-0.39, 0.29) is 11.7 Å². The maximum atomic E-state index is 13.0. The molecule has 3 aromatic carbocycles. The third-order valence-electron chi connectivity index (χ3n) is 5.97. The SMILES string of the molecule is C=CCC1Cn2c3ccc(C(=O)c4ccccc4)cc3c3cccc(c32)/C1=N/OC(C)=O. The number of ketones is 1. The molecule has 0 bridgehead atoms. The van der Waals surface area contributed by atoms with Crippen LogP contribution >= 0.6 is 0 Å². The van der Waals surface area contributed by atoms with Gasteiger partial charge in [-0.25, -0.2) is 4.79 Å². The second-order valence-corrected chi connectivity index (χ2v) is 8.02. The molecule has 5 nitrogen and oxygen atoms in total. The highest BCUT2D eigenvalue weighted by Crippen LogP contribution is 2.38. The first-order chi connectivity index (χ1) is 15.6. The van der Waals surface area contributed by atoms with Crippen molar-refractivity contribution < 1.29 is 14.4 Å². The van der Waals surface area contributed by atoms with Gasteiger partial charge >= 0.3 is 5.97 Å². The summed E-state index contributed by atoms with van der Waals surface area (Å²) >= 11 is 0. The molecule has 1 aliphatic rings. The molecule has 0 amide bonds. The Bertz CT molecular complexity index is 1410. The first-order valence-electron chi connectivity index (χ1n) is 10.6. The van der Waals surface area contributed by atoms with Gasteiger partial charge in [-0.05, 0) is 24.6 Å². The van der Waals surface area contributed by atoms with Crippen molar-refractivity contribution in [3.05, 3.63) is 96.1 Å². The van der Waals surface area contributed by atoms with Gasteiger partial charge in [-0.1, -0.05) is 59.8 Å². The summed E-state index contributed by atoms with van der Waals surface area (Å²) in [4.78, 5) is 29.5. The van der Waals surface area contributed by atoms with Crippen molar-refractivity contribution in [2.45, 2.75) is 19.9 Å². The third kappa shape index (κ3) is 3.23. The van der Waals surface area contributed by atoms with Gasteiger partial charge in [0, 0.05) is 52.4 Å². The highest BCUT2D eigenvalue weighted by Gasteiger charge is 2.29. The largest absolute Gasteiger partial charge is 0.339 e. The van der Waals surface area contributed by atoms with Gasteiger partial charge in [0.1, 0.15) is 0 Å². The number of carbonyl (C=O) groups is 2. The van der Waals surface area contributed by atoms with E-state index in [0.29, 0.717) is 24.1 Å². The van der Waals surface area contributed by atoms with Gasteiger partial charge in [0.05, 0.1) is 11.2 Å². The lowest BCUT2D eigenvalue weighted by molar-refractivity contribution is -0.140. The number of para-hydroxylation sites is 1. The Hall–Kier alpha value is -3.99. The van der Waals surface area contributed by atoms with Crippen molar-refractivity contribution >= 4 is 39.3 Å². The van der Waals surface area contributed by atoms with Crippen molar-refractivity contribution in [3.63, 3.8) is 0 Å². The average Bonchev–Trinajstić information content (AvgIpc) is 3.13. The number of benzene rings is 3. The van der Waals surface area contributed by atoms with E-state index in [1.165, 1.54) is 6.92 Å². The monoisotopic (exact) mass is 422 g/mol. The molecule has 0 N–H and O–H groups in total. The number of hydrogen-bond donors (Lipinski definition) is 0. The number of allylic oxidation sites excluding steroid dienone is 1. The molecule has 2 heterocycles. The molecule has 32 heavy (non-hydrogen) atoms. The summed E-state index contributed by atoms with van der Waals surface area (Å²) in [5, 5.41) is 6.29. The van der Waals surface area contributed by atoms with Gasteiger partial charge in [-0.15, -0.1) is 6.58 Å². The number of fused-ring (bicyclic) bond motifs is 3. The zero-order valence-electron chi connectivity index (χ0n) is 17.7. The Morgan fingerprint density at radius 1 is 1.06 bits per heavy atom. The van der Waals surface area contributed by atoms with Crippen molar-refractivity contribution in [1.29, 1.82) is 0 Å². The van der Waals surface area contributed by atoms with Crippen molar-refractivity contribution in [2.75, 3.05) is 0 Å². The summed E-state index contributed by atoms with van der Waals surface area (Å²) < 4.78 is 2.28. The minimum Gasteiger partial charge on any atom is -0.339 e. The summed E-state index contributed by atoms with van der Waals surface area (Å²) in [6, 6.07) is 21.2. The lowest BCUT2D eigenvalue weighted by Gasteiger charge is -2.25. The number of hydrogen-bond acceptors (Lipinski definition) is 4. The van der Waals surface area contributed by atoms with Gasteiger partial charge in [0.2, 0.25) is 0 Å². The Kier molecular flexibility index (Phi) is 4.94. The van der Waals surface area contributed by atoms with Crippen molar-refractivity contribution in [2.24, 2.45) is 11.1 Å². The predicted molar refractivity (Wildman–Crippen MR) is 126 cm³/mol. The molecule has 1 atom stereocenters. The second-order valence-electron chi connectivity index (χ2n) is 8.02. The van der Waals surface area contributed by atoms with Gasteiger partial charge in [0.25, 0.3) is 0 Å². The summed E-state index contributed by atoms with van der Waals surface area (Å²) in [6.07, 6.45) is 2.57. The van der Waals surface area contributed by atoms with Gasteiger partial charge < -0.3 is 9.40 Å². The molecule has 158 valence electrons. The van der Waals surface area contributed by atoms with Crippen LogP contribution in [0.15, 0.2) is 84.5 Å². The fourth-order valence-corrected chi connectivity index (χ4v) is 4.60. The van der Waals surface area contributed by atoms with Crippen molar-refractivity contribution in [3.8, 4) is 0 Å². The Morgan fingerprint density at radius 3 is 2.62 bits per heavy atom. The Labute approximate surface area is 185 Å². The molecule has 5 heteroatoms. The molecule has 1 aliphatic heterocycles. The smallest absolute Gasteiger partial charge is 0.331 e. The first kappa shape index (κ1) is 19.9. The van der Waals surface area contributed by atoms with Gasteiger partial charge in [-0.2, -0.15) is 0 Å². The first-order valence-corrected chi connectivity index (χ1v) is 10.6. The third-order valence-corrected chi connectivity index (χ3v) is 5.97. The van der Waals surface area contributed by atoms with E-state index in [9.17, 15) is 9.59 Å². The van der Waals surface area contributed by atoms with Crippen LogP contribution in [-0.4, -0.2) is 22.0 Å². The van der Waals surface area contributed by atoms with Crippen LogP contribution in [0.25, 0.3) is 21.8 Å². The standard InChI is InChI=1S/C27H22N2O3/c1-3-8-20-16-29-24-14-13-19(27(31)18-9-5-4-6-10-18)15-23(24)21-11-7-12-22(26(21)29)25(20)28-32-17(2)30/h3-7,9-15,20H,1,8,16H2,2H3/b28-25+. The number of rotatable bonds is 5. The van der Waals surface area contributed by atoms with E-state index in [2.05, 4.69) is 22.4 Å². The van der Waals surface area contributed by atoms with Crippen LogP contribution in [0.2, 0.25) is 0 Å². The molecule has 0 saturated carbocycles. The highest BCUT2D eigenvalue weighted by molar-refractivity contribution is 6.20. The van der Waals surface area contributed by atoms with Crippen LogP contribution in [0.3, 0.4) is 0 Å². The molecule has 0 fully saturated rings. The van der Waals surface area contributed by atoms with E-state index in [1.807, 2.05) is 66.7 Å². The summed E-state index contributed by atoms with van der Waals surface area (Å²) in [5.41, 5.74) is 5.12. The molecule has 1 unspecified atom stereocenters. The summed E-state index contributed by atoms with van der Waals surface area (Å²) in [7, 11) is 0. The van der Waals surface area contributed by atoms with Gasteiger partial charge in [0.15, 0.2) is 5.78 Å². The normalized spacial score (nSPS) is 16.4. The summed E-state index contributed by atoms with van der Waals surface area (Å²) in [5.74, 6) is -0.413. The maximum absolute atomic E-state index is 13.0. The lowest BCUT2D eigenvalue weighted by atomic mass is 9.89. The number of aromatic nitrogens is 1. The van der Waals surface area contributed by atoms with Crippen LogP contribution in [0.1, 0.15) is 34.8 Å². The molecular weight excluding hydrogens is 400 g/mol. The Morgan fingerprint density at radius 2 is 1.88 bits per heavy atom. The maximum Gasteiger partial charge on any atom is 0.331 e. The molecular formula is C27H22N2O3. The topological polar surface area (TPSA) is 60.7 Å². The van der Waals surface area contributed by atoms with E-state index in [1.54, 1.807) is 0 Å². The minimum atomic E-state index is -0.447. The minimum absolute atomic E-state index is 0.000991. The second kappa shape index (κ2) is 7.93. The zero-order chi connectivity index (χ0) is 22.2. The van der Waals surface area contributed by atoms with Crippen LogP contribution in [0, 0.1) is 5.92 Å². The molecule has 0 spiro atoms. The highest BCUT2D eigenvalue weighted by atomic mass is 16.7. The van der Waals surface area contributed by atoms with Crippen LogP contribution in [0.4, 0.5) is 0 Å². The van der Waals surface area contributed by atoms with E-state index in [0.717, 1.165) is 33.1 Å². The van der Waals surface area contributed by atoms with Crippen molar-refractivity contribution in [1.82, 2.24) is 4.57 Å². The lowest BCUT2D eigenvalue weighted by Crippen LogP contribution is -2.27. The molecule has 0 saturated heterocycles. The molecule has 4 aromatic rings. The number of nitrogens with zero attached hydrogens (tertiary/aromatic N) is 2. The molecule has 0 radical (unpaired) electrons. The fraction of sp³-hybridized carbons (Fsp3) is 0.148. The molecule has 5 rings (SSSR count). The zero-order valence-corrected chi connectivity index (χ0v) is 17.7. The molecule has 0 aliphatic carbocycles. The van der Waals surface area contributed by atoms with E-state index < -0.39 is 5.97 Å². The quantitative estimate of drug-likeness (QED) is 0.185. The number of carbonyl (C=O) groups excluding carboxylic acids is 2. The van der Waals surface area contributed by atoms with E-state index >= 15 is 0 Å². The number of oxime groups is 1. The molecule has 1 aromatic heterocycles. The summed E-state index contributed by atoms with van der Waals surface area (Å²) in [6.45, 7) is 5.92. The van der Waals surface area contributed by atoms with Crippen LogP contribution < -0.4 is 0 Å². The Balaban J connectivity index is 1.71. The van der Waals surface area contributed by atoms with Crippen LogP contribution in [-0.2, 0) is 16.2 Å². The predicted octanol–water partition coefficient (Wildman–Crippen LogP) is 5.50. The average molecular weight is 422 g/mol. The van der Waals surface area contributed by atoms with Gasteiger partial charge in [-0.3, -0.25) is 4.79 Å². The van der Waals surface area contributed by atoms with E-state index in [4.69, 9.17) is 4.84 Å². The van der Waals surface area contributed by atoms with Crippen LogP contribution in [0.5, 0.6) is 0 Å². The fourth-order valence-electron chi connectivity index (χ4n) is 4.60.